The maximum atomic E-state index is 12.6. The van der Waals surface area contributed by atoms with E-state index in [1.807, 2.05) is 6.07 Å². The highest BCUT2D eigenvalue weighted by atomic mass is 32.2. The average molecular weight is 381 g/mol. The van der Waals surface area contributed by atoms with Gasteiger partial charge in [-0.1, -0.05) is 42.5 Å². The molecule has 0 aliphatic carbocycles. The lowest BCUT2D eigenvalue weighted by Gasteiger charge is -2.10. The number of carbonyl (C=O) groups is 1. The SMILES string of the molecule is COc1ccc(NS(=O)(=O)c2cccc(CC(=O)c3ccccc3)c2)cc1. The van der Waals surface area contributed by atoms with E-state index in [9.17, 15) is 13.2 Å². The van der Waals surface area contributed by atoms with Crippen molar-refractivity contribution in [2.75, 3.05) is 11.8 Å². The Hall–Kier alpha value is -3.12. The van der Waals surface area contributed by atoms with E-state index in [4.69, 9.17) is 4.74 Å². The van der Waals surface area contributed by atoms with Gasteiger partial charge in [-0.25, -0.2) is 8.42 Å². The van der Waals surface area contributed by atoms with E-state index in [1.165, 1.54) is 12.1 Å². The summed E-state index contributed by atoms with van der Waals surface area (Å²) >= 11 is 0. The van der Waals surface area contributed by atoms with Crippen molar-refractivity contribution in [1.82, 2.24) is 0 Å². The molecule has 0 amide bonds. The number of methoxy groups -OCH3 is 1. The summed E-state index contributed by atoms with van der Waals surface area (Å²) in [5.74, 6) is 0.577. The highest BCUT2D eigenvalue weighted by Gasteiger charge is 2.16. The summed E-state index contributed by atoms with van der Waals surface area (Å²) < 4.78 is 32.9. The number of hydrogen-bond donors (Lipinski definition) is 1. The monoisotopic (exact) mass is 381 g/mol. The second kappa shape index (κ2) is 8.05. The van der Waals surface area contributed by atoms with Gasteiger partial charge in [0.2, 0.25) is 0 Å². The molecule has 0 unspecified atom stereocenters. The van der Waals surface area contributed by atoms with Gasteiger partial charge in [-0.3, -0.25) is 9.52 Å². The Kier molecular flexibility index (Phi) is 5.57. The summed E-state index contributed by atoms with van der Waals surface area (Å²) in [7, 11) is -2.21. The van der Waals surface area contributed by atoms with Crippen LogP contribution in [0.5, 0.6) is 5.75 Å². The predicted molar refractivity (Wildman–Crippen MR) is 105 cm³/mol. The fourth-order valence-corrected chi connectivity index (χ4v) is 3.74. The maximum absolute atomic E-state index is 12.6. The quantitative estimate of drug-likeness (QED) is 0.630. The standard InChI is InChI=1S/C21H19NO4S/c1-26-19-12-10-18(11-13-19)22-27(24,25)20-9-5-6-16(14-20)15-21(23)17-7-3-2-4-8-17/h2-14,22H,15H2,1H3. The van der Waals surface area contributed by atoms with Crippen molar-refractivity contribution in [3.8, 4) is 5.75 Å². The Bertz CT molecular complexity index is 1030. The van der Waals surface area contributed by atoms with E-state index in [2.05, 4.69) is 4.72 Å². The van der Waals surface area contributed by atoms with Gasteiger partial charge in [-0.05, 0) is 42.0 Å². The van der Waals surface area contributed by atoms with Crippen LogP contribution in [0.4, 0.5) is 5.69 Å². The van der Waals surface area contributed by atoms with Crippen LogP contribution in [-0.2, 0) is 16.4 Å². The van der Waals surface area contributed by atoms with E-state index in [0.29, 0.717) is 22.6 Å². The highest BCUT2D eigenvalue weighted by Crippen LogP contribution is 2.20. The number of carbonyl (C=O) groups excluding carboxylic acids is 1. The van der Waals surface area contributed by atoms with Crippen molar-refractivity contribution in [1.29, 1.82) is 0 Å². The van der Waals surface area contributed by atoms with Crippen LogP contribution in [0.15, 0.2) is 83.8 Å². The molecule has 0 aliphatic rings. The zero-order chi connectivity index (χ0) is 19.3. The molecule has 27 heavy (non-hydrogen) atoms. The zero-order valence-corrected chi connectivity index (χ0v) is 15.6. The van der Waals surface area contributed by atoms with E-state index in [1.54, 1.807) is 67.8 Å². The molecule has 0 aliphatic heterocycles. The lowest BCUT2D eigenvalue weighted by atomic mass is 10.0. The van der Waals surface area contributed by atoms with Crippen LogP contribution in [0.2, 0.25) is 0 Å². The van der Waals surface area contributed by atoms with E-state index in [0.717, 1.165) is 0 Å². The molecule has 6 heteroatoms. The molecule has 138 valence electrons. The van der Waals surface area contributed by atoms with Gasteiger partial charge in [-0.15, -0.1) is 0 Å². The number of Topliss-reactive ketones (excluding diaryl/α,β-unsaturated/α-hetero) is 1. The van der Waals surface area contributed by atoms with Crippen molar-refractivity contribution in [3.05, 3.63) is 90.0 Å². The zero-order valence-electron chi connectivity index (χ0n) is 14.8. The molecule has 0 saturated heterocycles. The lowest BCUT2D eigenvalue weighted by Crippen LogP contribution is -2.13. The average Bonchev–Trinajstić information content (AvgIpc) is 2.69. The summed E-state index contributed by atoms with van der Waals surface area (Å²) in [5.41, 5.74) is 1.67. The first-order valence-corrected chi connectivity index (χ1v) is 9.80. The Morgan fingerprint density at radius 2 is 1.63 bits per heavy atom. The third kappa shape index (κ3) is 4.74. The molecule has 0 fully saturated rings. The van der Waals surface area contributed by atoms with E-state index >= 15 is 0 Å². The first kappa shape index (κ1) is 18.7. The number of benzene rings is 3. The molecule has 5 nitrogen and oxygen atoms in total. The second-order valence-electron chi connectivity index (χ2n) is 5.95. The van der Waals surface area contributed by atoms with Crippen molar-refractivity contribution in [2.45, 2.75) is 11.3 Å². The number of sulfonamides is 1. The van der Waals surface area contributed by atoms with Gasteiger partial charge < -0.3 is 4.74 Å². The maximum Gasteiger partial charge on any atom is 0.261 e. The number of ketones is 1. The van der Waals surface area contributed by atoms with Crippen LogP contribution in [0.25, 0.3) is 0 Å². The molecule has 0 saturated carbocycles. The number of rotatable bonds is 7. The van der Waals surface area contributed by atoms with E-state index < -0.39 is 10.0 Å². The predicted octanol–water partition coefficient (Wildman–Crippen LogP) is 3.92. The second-order valence-corrected chi connectivity index (χ2v) is 7.63. The summed E-state index contributed by atoms with van der Waals surface area (Å²) in [6.07, 6.45) is 0.135. The minimum atomic E-state index is -3.76. The highest BCUT2D eigenvalue weighted by molar-refractivity contribution is 7.92. The van der Waals surface area contributed by atoms with Crippen LogP contribution in [0, 0.1) is 0 Å². The molecule has 3 rings (SSSR count). The molecule has 0 bridgehead atoms. The molecule has 0 radical (unpaired) electrons. The Morgan fingerprint density at radius 1 is 0.926 bits per heavy atom. The first-order valence-electron chi connectivity index (χ1n) is 8.32. The largest absolute Gasteiger partial charge is 0.497 e. The van der Waals surface area contributed by atoms with Crippen LogP contribution in [-0.4, -0.2) is 21.3 Å². The molecular formula is C21H19NO4S. The number of ether oxygens (including phenoxy) is 1. The summed E-state index contributed by atoms with van der Waals surface area (Å²) in [4.78, 5) is 12.5. The Balaban J connectivity index is 1.78. The molecule has 0 heterocycles. The van der Waals surface area contributed by atoms with Crippen LogP contribution < -0.4 is 9.46 Å². The van der Waals surface area contributed by atoms with Gasteiger partial charge in [0.1, 0.15) is 5.75 Å². The van der Waals surface area contributed by atoms with Crippen molar-refractivity contribution >= 4 is 21.5 Å². The Labute approximate surface area is 158 Å². The molecule has 0 spiro atoms. The van der Waals surface area contributed by atoms with E-state index in [-0.39, 0.29) is 17.1 Å². The third-order valence-electron chi connectivity index (χ3n) is 4.01. The summed E-state index contributed by atoms with van der Waals surface area (Å²) in [6, 6.07) is 21.9. The van der Waals surface area contributed by atoms with Gasteiger partial charge in [-0.2, -0.15) is 0 Å². The summed E-state index contributed by atoms with van der Waals surface area (Å²) in [6.45, 7) is 0. The van der Waals surface area contributed by atoms with Crippen LogP contribution in [0.3, 0.4) is 0 Å². The van der Waals surface area contributed by atoms with Crippen molar-refractivity contribution in [3.63, 3.8) is 0 Å². The van der Waals surface area contributed by atoms with Gasteiger partial charge in [0, 0.05) is 17.7 Å². The lowest BCUT2D eigenvalue weighted by molar-refractivity contribution is 0.0993. The normalized spacial score (nSPS) is 11.0. The van der Waals surface area contributed by atoms with Crippen molar-refractivity contribution in [2.24, 2.45) is 0 Å². The van der Waals surface area contributed by atoms with Gasteiger partial charge >= 0.3 is 0 Å². The van der Waals surface area contributed by atoms with Crippen LogP contribution >= 0.6 is 0 Å². The van der Waals surface area contributed by atoms with Gasteiger partial charge in [0.25, 0.3) is 10.0 Å². The number of nitrogens with one attached hydrogen (secondary N) is 1. The van der Waals surface area contributed by atoms with Gasteiger partial charge in [0.05, 0.1) is 12.0 Å². The Morgan fingerprint density at radius 3 is 2.30 bits per heavy atom. The fourth-order valence-electron chi connectivity index (χ4n) is 2.61. The molecule has 0 atom stereocenters. The third-order valence-corrected chi connectivity index (χ3v) is 5.39. The molecular weight excluding hydrogens is 362 g/mol. The van der Waals surface area contributed by atoms with Crippen molar-refractivity contribution < 1.29 is 17.9 Å². The van der Waals surface area contributed by atoms with Crippen LogP contribution in [0.1, 0.15) is 15.9 Å². The molecule has 3 aromatic carbocycles. The molecule has 0 aromatic heterocycles. The smallest absolute Gasteiger partial charge is 0.261 e. The minimum Gasteiger partial charge on any atom is -0.497 e. The number of anilines is 1. The minimum absolute atomic E-state index is 0.0618. The fraction of sp³-hybridized carbons (Fsp3) is 0.0952. The molecule has 1 N–H and O–H groups in total. The molecule has 3 aromatic rings. The number of hydrogen-bond acceptors (Lipinski definition) is 4. The summed E-state index contributed by atoms with van der Waals surface area (Å²) in [5, 5.41) is 0. The van der Waals surface area contributed by atoms with Gasteiger partial charge in [0.15, 0.2) is 5.78 Å². The topological polar surface area (TPSA) is 72.5 Å². The first-order chi connectivity index (χ1) is 13.0.